The first-order valence-electron chi connectivity index (χ1n) is 5.20. The topological polar surface area (TPSA) is 21.8 Å². The van der Waals surface area contributed by atoms with Crippen LogP contribution in [0, 0.1) is 0 Å². The van der Waals surface area contributed by atoms with Crippen LogP contribution in [0.25, 0.3) is 0 Å². The minimum Gasteiger partial charge on any atom is -0.408 e. The molecule has 1 aliphatic rings. The Morgan fingerprint density at radius 1 is 1.50 bits per heavy atom. The van der Waals surface area contributed by atoms with Crippen LogP contribution >= 0.6 is 0 Å². The third-order valence-electron chi connectivity index (χ3n) is 3.19. The van der Waals surface area contributed by atoms with E-state index in [1.807, 2.05) is 6.08 Å². The van der Waals surface area contributed by atoms with Crippen molar-refractivity contribution in [2.45, 2.75) is 51.1 Å². The molecule has 14 heavy (non-hydrogen) atoms. The lowest BCUT2D eigenvalue weighted by atomic mass is 10.2. The van der Waals surface area contributed by atoms with Crippen molar-refractivity contribution < 1.29 is 9.16 Å². The average molecular weight is 214 g/mol. The highest BCUT2D eigenvalue weighted by molar-refractivity contribution is 6.74. The van der Waals surface area contributed by atoms with Gasteiger partial charge in [0.1, 0.15) is 6.10 Å². The van der Waals surface area contributed by atoms with E-state index in [1.54, 1.807) is 0 Å². The molecule has 1 rings (SSSR count). The molecule has 0 spiro atoms. The van der Waals surface area contributed by atoms with Crippen LogP contribution in [-0.2, 0) is 9.16 Å². The Kier molecular flexibility index (Phi) is 3.24. The van der Waals surface area contributed by atoms with Crippen molar-refractivity contribution in [2.75, 3.05) is 6.61 Å². The molecule has 0 N–H and O–H groups in total. The zero-order valence-electron chi connectivity index (χ0n) is 9.96. The van der Waals surface area contributed by atoms with Gasteiger partial charge in [0.05, 0.1) is 12.7 Å². The lowest BCUT2D eigenvalue weighted by Crippen LogP contribution is -2.44. The molecule has 1 aliphatic heterocycles. The summed E-state index contributed by atoms with van der Waals surface area (Å²) in [5, 5.41) is 0.253. The van der Waals surface area contributed by atoms with E-state index >= 15 is 0 Å². The first-order chi connectivity index (χ1) is 6.28. The fourth-order valence-corrected chi connectivity index (χ4v) is 2.32. The lowest BCUT2D eigenvalue weighted by molar-refractivity contribution is 0.183. The van der Waals surface area contributed by atoms with Gasteiger partial charge in [-0.1, -0.05) is 26.8 Å². The minimum absolute atomic E-state index is 0.0934. The van der Waals surface area contributed by atoms with Crippen molar-refractivity contribution in [3.05, 3.63) is 12.7 Å². The molecule has 1 heterocycles. The van der Waals surface area contributed by atoms with Crippen molar-refractivity contribution in [2.24, 2.45) is 0 Å². The highest BCUT2D eigenvalue weighted by Crippen LogP contribution is 2.38. The van der Waals surface area contributed by atoms with Gasteiger partial charge in [0.25, 0.3) is 0 Å². The Morgan fingerprint density at radius 2 is 2.00 bits per heavy atom. The summed E-state index contributed by atoms with van der Waals surface area (Å²) >= 11 is 0. The normalized spacial score (nSPS) is 24.5. The van der Waals surface area contributed by atoms with Gasteiger partial charge in [-0.05, 0) is 18.1 Å². The Labute approximate surface area is 88.4 Å². The molecule has 1 fully saturated rings. The van der Waals surface area contributed by atoms with Crippen molar-refractivity contribution >= 4 is 8.32 Å². The van der Waals surface area contributed by atoms with E-state index in [0.717, 1.165) is 6.61 Å². The van der Waals surface area contributed by atoms with Gasteiger partial charge in [-0.25, -0.2) is 0 Å². The molecule has 0 amide bonds. The molecule has 0 radical (unpaired) electrons. The molecule has 0 aromatic rings. The second-order valence-electron chi connectivity index (χ2n) is 5.45. The minimum atomic E-state index is -1.66. The van der Waals surface area contributed by atoms with Gasteiger partial charge in [0, 0.05) is 0 Å². The van der Waals surface area contributed by atoms with Crippen LogP contribution in [0.1, 0.15) is 20.8 Å². The van der Waals surface area contributed by atoms with Gasteiger partial charge < -0.3 is 9.16 Å². The molecule has 0 saturated carbocycles. The van der Waals surface area contributed by atoms with Crippen molar-refractivity contribution in [1.82, 2.24) is 0 Å². The van der Waals surface area contributed by atoms with Gasteiger partial charge in [0.15, 0.2) is 8.32 Å². The standard InChI is InChI=1S/C11H22O2Si/c1-7-9(10-8-12-10)13-14(5,6)11(2,3)4/h7,9-10H,1,8H2,2-6H3/t9-,10-/m1/s1. The second kappa shape index (κ2) is 3.80. The van der Waals surface area contributed by atoms with Crippen molar-refractivity contribution in [3.63, 3.8) is 0 Å². The summed E-state index contributed by atoms with van der Waals surface area (Å²) in [6.45, 7) is 15.9. The summed E-state index contributed by atoms with van der Waals surface area (Å²) < 4.78 is 11.4. The van der Waals surface area contributed by atoms with Crippen LogP contribution in [0.15, 0.2) is 12.7 Å². The Bertz CT molecular complexity index is 214. The number of epoxide rings is 1. The molecule has 1 saturated heterocycles. The predicted octanol–water partition coefficient (Wildman–Crippen LogP) is 2.96. The molecule has 0 aromatic heterocycles. The zero-order chi connectivity index (χ0) is 11.0. The summed E-state index contributed by atoms with van der Waals surface area (Å²) in [6.07, 6.45) is 2.23. The van der Waals surface area contributed by atoms with Crippen LogP contribution in [0.4, 0.5) is 0 Å². The highest BCUT2D eigenvalue weighted by atomic mass is 28.4. The first kappa shape index (κ1) is 11.9. The number of hydrogen-bond donors (Lipinski definition) is 0. The van der Waals surface area contributed by atoms with E-state index in [2.05, 4.69) is 40.4 Å². The SMILES string of the molecule is C=C[C@@H](O[Si](C)(C)C(C)(C)C)[C@H]1CO1. The van der Waals surface area contributed by atoms with Crippen molar-refractivity contribution in [3.8, 4) is 0 Å². The predicted molar refractivity (Wildman–Crippen MR) is 62.0 cm³/mol. The molecule has 3 heteroatoms. The third-order valence-corrected chi connectivity index (χ3v) is 7.67. The van der Waals surface area contributed by atoms with E-state index in [0.29, 0.717) is 0 Å². The highest BCUT2D eigenvalue weighted by Gasteiger charge is 2.42. The van der Waals surface area contributed by atoms with Gasteiger partial charge >= 0.3 is 0 Å². The van der Waals surface area contributed by atoms with Crippen LogP contribution < -0.4 is 0 Å². The van der Waals surface area contributed by atoms with Gasteiger partial charge in [0.2, 0.25) is 0 Å². The summed E-state index contributed by atoms with van der Waals surface area (Å²) in [5.74, 6) is 0. The molecule has 0 aliphatic carbocycles. The largest absolute Gasteiger partial charge is 0.408 e. The maximum atomic E-state index is 6.17. The maximum Gasteiger partial charge on any atom is 0.193 e. The third kappa shape index (κ3) is 2.68. The second-order valence-corrected chi connectivity index (χ2v) is 10.2. The molecule has 2 atom stereocenters. The first-order valence-corrected chi connectivity index (χ1v) is 8.11. The smallest absolute Gasteiger partial charge is 0.193 e. The van der Waals surface area contributed by atoms with Crippen LogP contribution in [0.3, 0.4) is 0 Å². The summed E-state index contributed by atoms with van der Waals surface area (Å²) in [6, 6.07) is 0. The lowest BCUT2D eigenvalue weighted by Gasteiger charge is -2.38. The number of hydrogen-bond acceptors (Lipinski definition) is 2. The Balaban J connectivity index is 2.60. The van der Waals surface area contributed by atoms with E-state index in [1.165, 1.54) is 0 Å². The molecule has 0 unspecified atom stereocenters. The number of rotatable bonds is 4. The fraction of sp³-hybridized carbons (Fsp3) is 0.818. The Morgan fingerprint density at radius 3 is 2.29 bits per heavy atom. The van der Waals surface area contributed by atoms with E-state index < -0.39 is 8.32 Å². The summed E-state index contributed by atoms with van der Waals surface area (Å²) in [7, 11) is -1.66. The zero-order valence-corrected chi connectivity index (χ0v) is 11.0. The molecular weight excluding hydrogens is 192 g/mol. The van der Waals surface area contributed by atoms with Crippen LogP contribution in [0.5, 0.6) is 0 Å². The van der Waals surface area contributed by atoms with Crippen LogP contribution in [-0.4, -0.2) is 27.1 Å². The van der Waals surface area contributed by atoms with Crippen molar-refractivity contribution in [1.29, 1.82) is 0 Å². The van der Waals surface area contributed by atoms with E-state index in [4.69, 9.17) is 9.16 Å². The van der Waals surface area contributed by atoms with Gasteiger partial charge in [-0.2, -0.15) is 0 Å². The van der Waals surface area contributed by atoms with E-state index in [9.17, 15) is 0 Å². The molecule has 0 bridgehead atoms. The van der Waals surface area contributed by atoms with Crippen LogP contribution in [0.2, 0.25) is 18.1 Å². The molecule has 2 nitrogen and oxygen atoms in total. The van der Waals surface area contributed by atoms with Gasteiger partial charge in [-0.15, -0.1) is 6.58 Å². The molecular formula is C11H22O2Si. The quantitative estimate of drug-likeness (QED) is 0.408. The van der Waals surface area contributed by atoms with E-state index in [-0.39, 0.29) is 17.2 Å². The number of ether oxygens (including phenoxy) is 1. The monoisotopic (exact) mass is 214 g/mol. The Hall–Kier alpha value is -0.123. The molecule has 0 aromatic carbocycles. The van der Waals surface area contributed by atoms with Gasteiger partial charge in [-0.3, -0.25) is 0 Å². The summed E-state index contributed by atoms with van der Waals surface area (Å²) in [4.78, 5) is 0. The average Bonchev–Trinajstić information content (AvgIpc) is 2.80. The fourth-order valence-electron chi connectivity index (χ4n) is 1.04. The molecule has 82 valence electrons. The summed E-state index contributed by atoms with van der Waals surface area (Å²) in [5.41, 5.74) is 0. The maximum absolute atomic E-state index is 6.17.